The van der Waals surface area contributed by atoms with Crippen LogP contribution in [0.4, 0.5) is 0 Å². The SMILES string of the molecule is O.O.O=S(=O)([O-])[O-].O=S(=O)([O-])[O-].[W]. The molecule has 0 aliphatic heterocycles. The molecule has 0 aromatic heterocycles. The van der Waals surface area contributed by atoms with Crippen molar-refractivity contribution in [2.24, 2.45) is 0 Å². The van der Waals surface area contributed by atoms with Gasteiger partial charge in [-0.25, -0.2) is 0 Å². The Balaban J connectivity index is -0.0000000267. The predicted molar refractivity (Wildman–Crippen MR) is 28.2 cm³/mol. The molecular formula is H4O10S2W-4. The van der Waals surface area contributed by atoms with E-state index in [2.05, 4.69) is 0 Å². The molecule has 0 rings (SSSR count). The molecule has 0 aromatic carbocycles. The molecule has 0 fully saturated rings. The molecule has 0 bridgehead atoms. The van der Waals surface area contributed by atoms with Crippen molar-refractivity contribution in [2.75, 3.05) is 0 Å². The molecule has 0 aliphatic rings. The van der Waals surface area contributed by atoms with E-state index in [4.69, 9.17) is 35.0 Å². The molecule has 4 N–H and O–H groups in total. The summed E-state index contributed by atoms with van der Waals surface area (Å²) in [6, 6.07) is 0. The van der Waals surface area contributed by atoms with Crippen LogP contribution in [0, 0.1) is 0 Å². The van der Waals surface area contributed by atoms with E-state index in [1.807, 2.05) is 0 Å². The first-order valence-corrected chi connectivity index (χ1v) is 4.00. The standard InChI is InChI=1S/2H2O4S.2H2O.W/c2*1-5(2,3)4;;;/h2*(H2,1,2,3,4);2*1H2;/p-4. The second-order valence-corrected chi connectivity index (χ2v) is 2.45. The van der Waals surface area contributed by atoms with E-state index in [1.165, 1.54) is 0 Å². The molecule has 13 heavy (non-hydrogen) atoms. The summed E-state index contributed by atoms with van der Waals surface area (Å²) in [5.74, 6) is 0. The molecule has 0 unspecified atom stereocenters. The molecule has 0 saturated heterocycles. The van der Waals surface area contributed by atoms with Crippen molar-refractivity contribution < 1.29 is 67.1 Å². The monoisotopic (exact) mass is 412 g/mol. The Morgan fingerprint density at radius 1 is 0.615 bits per heavy atom. The number of hydrogen-bond acceptors (Lipinski definition) is 8. The van der Waals surface area contributed by atoms with Crippen molar-refractivity contribution >= 4 is 20.8 Å². The van der Waals surface area contributed by atoms with Crippen LogP contribution in [0.25, 0.3) is 0 Å². The van der Waals surface area contributed by atoms with E-state index in [0.29, 0.717) is 0 Å². The minimum absolute atomic E-state index is 0. The summed E-state index contributed by atoms with van der Waals surface area (Å²) in [5, 5.41) is 0. The molecule has 13 heteroatoms. The minimum Gasteiger partial charge on any atom is -0.759 e. The van der Waals surface area contributed by atoms with Crippen LogP contribution in [0.5, 0.6) is 0 Å². The van der Waals surface area contributed by atoms with E-state index in [-0.39, 0.29) is 32.0 Å². The van der Waals surface area contributed by atoms with E-state index < -0.39 is 20.8 Å². The van der Waals surface area contributed by atoms with Gasteiger partial charge in [-0.2, -0.15) is 0 Å². The van der Waals surface area contributed by atoms with E-state index in [9.17, 15) is 0 Å². The Kier molecular flexibility index (Phi) is 23.4. The van der Waals surface area contributed by atoms with Crippen LogP contribution in [-0.4, -0.2) is 46.0 Å². The molecule has 0 amide bonds. The summed E-state index contributed by atoms with van der Waals surface area (Å²) in [4.78, 5) is 0. The fourth-order valence-corrected chi connectivity index (χ4v) is 0. The van der Waals surface area contributed by atoms with Gasteiger partial charge in [0.25, 0.3) is 0 Å². The third-order valence-electron chi connectivity index (χ3n) is 0. The zero-order valence-electron chi connectivity index (χ0n) is 5.49. The van der Waals surface area contributed by atoms with Crippen molar-refractivity contribution in [3.05, 3.63) is 0 Å². The summed E-state index contributed by atoms with van der Waals surface area (Å²) in [7, 11) is -10.3. The van der Waals surface area contributed by atoms with Crippen LogP contribution in [-0.2, 0) is 41.9 Å². The van der Waals surface area contributed by atoms with Gasteiger partial charge in [0.1, 0.15) is 0 Å². The van der Waals surface area contributed by atoms with Crippen molar-refractivity contribution in [1.82, 2.24) is 0 Å². The summed E-state index contributed by atoms with van der Waals surface area (Å²) in [6.45, 7) is 0. The maximum Gasteiger partial charge on any atom is 0.0311 e. The van der Waals surface area contributed by atoms with Crippen LogP contribution in [0.2, 0.25) is 0 Å². The first-order chi connectivity index (χ1) is 4.00. The first kappa shape index (κ1) is 29.2. The van der Waals surface area contributed by atoms with Gasteiger partial charge < -0.3 is 29.2 Å². The maximum atomic E-state index is 8.52. The molecule has 0 atom stereocenters. The van der Waals surface area contributed by atoms with Gasteiger partial charge in [0.05, 0.1) is 0 Å². The number of rotatable bonds is 0. The molecule has 0 aliphatic carbocycles. The topological polar surface area (TPSA) is 224 Å². The Labute approximate surface area is 88.0 Å². The fourth-order valence-electron chi connectivity index (χ4n) is 0. The first-order valence-electron chi connectivity index (χ1n) is 1.33. The average molecular weight is 412 g/mol. The van der Waals surface area contributed by atoms with Crippen molar-refractivity contribution in [3.8, 4) is 0 Å². The zero-order chi connectivity index (χ0) is 9.00. The molecule has 10 nitrogen and oxygen atoms in total. The Morgan fingerprint density at radius 3 is 0.615 bits per heavy atom. The van der Waals surface area contributed by atoms with Gasteiger partial charge in [-0.3, -0.25) is 16.8 Å². The molecule has 86 valence electrons. The minimum atomic E-state index is -5.17. The van der Waals surface area contributed by atoms with Crippen molar-refractivity contribution in [2.45, 2.75) is 0 Å². The van der Waals surface area contributed by atoms with Gasteiger partial charge in [-0.15, -0.1) is 0 Å². The second kappa shape index (κ2) is 10.4. The van der Waals surface area contributed by atoms with Crippen molar-refractivity contribution in [1.29, 1.82) is 0 Å². The normalized spacial score (nSPS) is 8.92. The molecule has 0 heterocycles. The van der Waals surface area contributed by atoms with Gasteiger partial charge in [0, 0.05) is 41.9 Å². The van der Waals surface area contributed by atoms with Gasteiger partial charge in [0.2, 0.25) is 0 Å². The Morgan fingerprint density at radius 2 is 0.615 bits per heavy atom. The average Bonchev–Trinajstić information content (AvgIpc) is 1.12. The Hall–Kier alpha value is 0.348. The van der Waals surface area contributed by atoms with Gasteiger partial charge in [0.15, 0.2) is 0 Å². The molecule has 0 aromatic rings. The van der Waals surface area contributed by atoms with E-state index >= 15 is 0 Å². The van der Waals surface area contributed by atoms with Gasteiger partial charge in [-0.05, 0) is 0 Å². The summed E-state index contributed by atoms with van der Waals surface area (Å²) < 4.78 is 68.2. The van der Waals surface area contributed by atoms with E-state index in [0.717, 1.165) is 0 Å². The molecule has 0 spiro atoms. The fraction of sp³-hybridized carbons (Fsp3) is 0. The van der Waals surface area contributed by atoms with Gasteiger partial charge in [-0.1, -0.05) is 0 Å². The Bertz CT molecular complexity index is 209. The van der Waals surface area contributed by atoms with Crippen LogP contribution >= 0.6 is 0 Å². The largest absolute Gasteiger partial charge is 0.759 e. The summed E-state index contributed by atoms with van der Waals surface area (Å²) in [6.07, 6.45) is 0. The summed E-state index contributed by atoms with van der Waals surface area (Å²) in [5.41, 5.74) is 0. The molecular weight excluding hydrogens is 408 g/mol. The maximum absolute atomic E-state index is 8.52. The van der Waals surface area contributed by atoms with Crippen LogP contribution in [0.3, 0.4) is 0 Å². The van der Waals surface area contributed by atoms with Crippen LogP contribution in [0.15, 0.2) is 0 Å². The zero-order valence-corrected chi connectivity index (χ0v) is 10.1. The predicted octanol–water partition coefficient (Wildman–Crippen LogP) is -4.33. The van der Waals surface area contributed by atoms with Crippen LogP contribution < -0.4 is 0 Å². The third kappa shape index (κ3) is 10900. The summed E-state index contributed by atoms with van der Waals surface area (Å²) >= 11 is 0. The van der Waals surface area contributed by atoms with Crippen molar-refractivity contribution in [3.63, 3.8) is 0 Å². The van der Waals surface area contributed by atoms with Gasteiger partial charge >= 0.3 is 0 Å². The third-order valence-corrected chi connectivity index (χ3v) is 0. The second-order valence-electron chi connectivity index (χ2n) is 0.816. The molecule has 0 saturated carbocycles. The number of hydrogen-bond donors (Lipinski definition) is 0. The van der Waals surface area contributed by atoms with E-state index in [1.54, 1.807) is 0 Å². The smallest absolute Gasteiger partial charge is 0.0311 e. The van der Waals surface area contributed by atoms with Crippen LogP contribution in [0.1, 0.15) is 0 Å². The molecule has 0 radical (unpaired) electrons. The quantitative estimate of drug-likeness (QED) is 0.279.